The van der Waals surface area contributed by atoms with Crippen LogP contribution < -0.4 is 4.90 Å². The molecule has 0 radical (unpaired) electrons. The third-order valence-electron chi connectivity index (χ3n) is 2.94. The second-order valence-corrected chi connectivity index (χ2v) is 5.42. The average molecular weight is 345 g/mol. The first-order valence-corrected chi connectivity index (χ1v) is 6.36. The van der Waals surface area contributed by atoms with E-state index in [4.69, 9.17) is 5.11 Å². The van der Waals surface area contributed by atoms with Gasteiger partial charge in [0.25, 0.3) is 0 Å². The summed E-state index contributed by atoms with van der Waals surface area (Å²) < 4.78 is 1.04. The van der Waals surface area contributed by atoms with Crippen LogP contribution >= 0.6 is 22.6 Å². The number of anilines is 1. The van der Waals surface area contributed by atoms with Crippen molar-refractivity contribution in [3.8, 4) is 0 Å². The number of benzene rings is 1. The number of hydrogen-bond acceptors (Lipinski definition) is 2. The fourth-order valence-electron chi connectivity index (χ4n) is 1.98. The van der Waals surface area contributed by atoms with Crippen LogP contribution in [0.3, 0.4) is 0 Å². The number of aliphatic carboxylic acids is 1. The highest BCUT2D eigenvalue weighted by atomic mass is 127. The number of hydrogen-bond donors (Lipinski definition) is 1. The number of carbonyl (C=O) groups excluding carboxylic acids is 1. The van der Waals surface area contributed by atoms with Crippen molar-refractivity contribution in [1.82, 2.24) is 0 Å². The Bertz CT molecular complexity index is 487. The van der Waals surface area contributed by atoms with Gasteiger partial charge in [0.15, 0.2) is 0 Å². The van der Waals surface area contributed by atoms with Crippen LogP contribution in [0.2, 0.25) is 0 Å². The van der Waals surface area contributed by atoms with Crippen molar-refractivity contribution < 1.29 is 14.7 Å². The molecule has 1 unspecified atom stereocenters. The molecule has 0 spiro atoms. The van der Waals surface area contributed by atoms with Gasteiger partial charge in [-0.05, 0) is 47.2 Å². The maximum Gasteiger partial charge on any atom is 0.308 e. The van der Waals surface area contributed by atoms with E-state index in [1.54, 1.807) is 4.90 Å². The molecule has 90 valence electrons. The largest absolute Gasteiger partial charge is 0.481 e. The standard InChI is InChI=1S/C12H12INO3/c1-7-2-3-9(13)5-10(7)14-6-8(12(16)17)4-11(14)15/h2-3,5,8H,4,6H2,1H3,(H,16,17). The van der Waals surface area contributed by atoms with E-state index < -0.39 is 11.9 Å². The van der Waals surface area contributed by atoms with E-state index in [0.29, 0.717) is 0 Å². The van der Waals surface area contributed by atoms with Crippen LogP contribution in [0.4, 0.5) is 5.69 Å². The molecule has 1 aliphatic heterocycles. The lowest BCUT2D eigenvalue weighted by molar-refractivity contribution is -0.141. The Hall–Kier alpha value is -1.11. The molecule has 1 aliphatic rings. The van der Waals surface area contributed by atoms with Gasteiger partial charge in [-0.15, -0.1) is 0 Å². The Labute approximate surface area is 113 Å². The molecule has 0 bridgehead atoms. The van der Waals surface area contributed by atoms with Gasteiger partial charge in [0.2, 0.25) is 5.91 Å². The Morgan fingerprint density at radius 2 is 2.24 bits per heavy atom. The van der Waals surface area contributed by atoms with Crippen LogP contribution in [-0.4, -0.2) is 23.5 Å². The topological polar surface area (TPSA) is 57.6 Å². The smallest absolute Gasteiger partial charge is 0.308 e. The third kappa shape index (κ3) is 2.43. The number of carboxylic acids is 1. The number of amides is 1. The van der Waals surface area contributed by atoms with Gasteiger partial charge in [-0.1, -0.05) is 6.07 Å². The van der Waals surface area contributed by atoms with Crippen molar-refractivity contribution in [3.05, 3.63) is 27.3 Å². The van der Waals surface area contributed by atoms with E-state index in [2.05, 4.69) is 22.6 Å². The fourth-order valence-corrected chi connectivity index (χ4v) is 2.45. The minimum absolute atomic E-state index is 0.0975. The minimum atomic E-state index is -0.899. The first-order valence-electron chi connectivity index (χ1n) is 5.28. The molecule has 5 heteroatoms. The Morgan fingerprint density at radius 1 is 1.53 bits per heavy atom. The Morgan fingerprint density at radius 3 is 2.82 bits per heavy atom. The Kier molecular flexibility index (Phi) is 3.37. The number of carbonyl (C=O) groups is 2. The van der Waals surface area contributed by atoms with Gasteiger partial charge in [0.1, 0.15) is 0 Å². The summed E-state index contributed by atoms with van der Waals surface area (Å²) in [5.41, 5.74) is 1.82. The van der Waals surface area contributed by atoms with Crippen molar-refractivity contribution in [3.63, 3.8) is 0 Å². The van der Waals surface area contributed by atoms with Crippen LogP contribution in [-0.2, 0) is 9.59 Å². The third-order valence-corrected chi connectivity index (χ3v) is 3.61. The molecule has 0 aliphatic carbocycles. The summed E-state index contributed by atoms with van der Waals surface area (Å²) in [5, 5.41) is 8.94. The normalized spacial score (nSPS) is 19.8. The molecule has 1 fully saturated rings. The molecule has 1 amide bonds. The van der Waals surface area contributed by atoms with Crippen LogP contribution in [0, 0.1) is 16.4 Å². The number of aryl methyl sites for hydroxylation is 1. The summed E-state index contributed by atoms with van der Waals surface area (Å²) in [6.07, 6.45) is 0.0975. The molecular formula is C12H12INO3. The zero-order valence-corrected chi connectivity index (χ0v) is 11.5. The lowest BCUT2D eigenvalue weighted by atomic mass is 10.1. The van der Waals surface area contributed by atoms with Gasteiger partial charge in [0, 0.05) is 22.2 Å². The predicted molar refractivity (Wildman–Crippen MR) is 72.0 cm³/mol. The summed E-state index contributed by atoms with van der Waals surface area (Å²) in [6.45, 7) is 2.20. The van der Waals surface area contributed by atoms with Crippen molar-refractivity contribution >= 4 is 40.2 Å². The minimum Gasteiger partial charge on any atom is -0.481 e. The van der Waals surface area contributed by atoms with Gasteiger partial charge < -0.3 is 10.0 Å². The molecule has 17 heavy (non-hydrogen) atoms. The summed E-state index contributed by atoms with van der Waals surface area (Å²) in [7, 11) is 0. The maximum absolute atomic E-state index is 11.8. The molecule has 1 aromatic carbocycles. The number of nitrogens with zero attached hydrogens (tertiary/aromatic N) is 1. The van der Waals surface area contributed by atoms with Crippen LogP contribution in [0.25, 0.3) is 0 Å². The van der Waals surface area contributed by atoms with Gasteiger partial charge in [-0.2, -0.15) is 0 Å². The maximum atomic E-state index is 11.8. The summed E-state index contributed by atoms with van der Waals surface area (Å²) in [5.74, 6) is -1.59. The van der Waals surface area contributed by atoms with E-state index in [0.717, 1.165) is 14.8 Å². The van der Waals surface area contributed by atoms with Gasteiger partial charge in [-0.25, -0.2) is 0 Å². The molecule has 1 aromatic rings. The van der Waals surface area contributed by atoms with E-state index in [-0.39, 0.29) is 18.9 Å². The second-order valence-electron chi connectivity index (χ2n) is 4.17. The Balaban J connectivity index is 2.32. The molecule has 0 saturated carbocycles. The highest BCUT2D eigenvalue weighted by molar-refractivity contribution is 14.1. The van der Waals surface area contributed by atoms with E-state index >= 15 is 0 Å². The summed E-state index contributed by atoms with van der Waals surface area (Å²) in [6, 6.07) is 5.82. The molecule has 1 atom stereocenters. The second kappa shape index (κ2) is 4.64. The molecule has 4 nitrogen and oxygen atoms in total. The first-order chi connectivity index (χ1) is 7.99. The highest BCUT2D eigenvalue weighted by Gasteiger charge is 2.35. The molecular weight excluding hydrogens is 333 g/mol. The lowest BCUT2D eigenvalue weighted by Gasteiger charge is -2.18. The van der Waals surface area contributed by atoms with Crippen LogP contribution in [0.15, 0.2) is 18.2 Å². The number of carboxylic acid groups (broad SMARTS) is 1. The van der Waals surface area contributed by atoms with Crippen LogP contribution in [0.5, 0.6) is 0 Å². The van der Waals surface area contributed by atoms with Crippen LogP contribution in [0.1, 0.15) is 12.0 Å². The summed E-state index contributed by atoms with van der Waals surface area (Å²) >= 11 is 2.18. The SMILES string of the molecule is Cc1ccc(I)cc1N1CC(C(=O)O)CC1=O. The van der Waals surface area contributed by atoms with Crippen molar-refractivity contribution in [2.24, 2.45) is 5.92 Å². The van der Waals surface area contributed by atoms with E-state index in [9.17, 15) is 9.59 Å². The van der Waals surface area contributed by atoms with Gasteiger partial charge in [-0.3, -0.25) is 9.59 Å². The number of rotatable bonds is 2. The van der Waals surface area contributed by atoms with E-state index in [1.807, 2.05) is 25.1 Å². The summed E-state index contributed by atoms with van der Waals surface area (Å²) in [4.78, 5) is 24.3. The first kappa shape index (κ1) is 12.3. The van der Waals surface area contributed by atoms with Gasteiger partial charge in [0.05, 0.1) is 5.92 Å². The van der Waals surface area contributed by atoms with Crippen molar-refractivity contribution in [2.45, 2.75) is 13.3 Å². The number of halogens is 1. The molecule has 1 N–H and O–H groups in total. The quantitative estimate of drug-likeness (QED) is 0.835. The van der Waals surface area contributed by atoms with Gasteiger partial charge >= 0.3 is 5.97 Å². The zero-order valence-electron chi connectivity index (χ0n) is 9.31. The fraction of sp³-hybridized carbons (Fsp3) is 0.333. The van der Waals surface area contributed by atoms with E-state index in [1.165, 1.54) is 0 Å². The monoisotopic (exact) mass is 345 g/mol. The molecule has 1 heterocycles. The van der Waals surface area contributed by atoms with Crippen molar-refractivity contribution in [1.29, 1.82) is 0 Å². The molecule has 0 aromatic heterocycles. The molecule has 2 rings (SSSR count). The predicted octanol–water partition coefficient (Wildman–Crippen LogP) is 2.04. The zero-order chi connectivity index (χ0) is 12.6. The van der Waals surface area contributed by atoms with Crippen molar-refractivity contribution in [2.75, 3.05) is 11.4 Å². The average Bonchev–Trinajstić information content (AvgIpc) is 2.64. The highest BCUT2D eigenvalue weighted by Crippen LogP contribution is 2.29. The molecule has 1 saturated heterocycles. The lowest BCUT2D eigenvalue weighted by Crippen LogP contribution is -2.26.